The number of nitrogen functional groups attached to an aromatic ring is 1. The number of ether oxygens (including phenoxy) is 1. The fourth-order valence-electron chi connectivity index (χ4n) is 3.21. The van der Waals surface area contributed by atoms with E-state index in [1.165, 1.54) is 12.5 Å². The molecule has 1 aromatic carbocycles. The molecule has 1 amide bonds. The SMILES string of the molecule is CC.Nc1cc(C(F)(F)F)c(-c2c(F)cccc2F)nc1C(=O)Nc1cncnc1OCC1CNC1. The molecule has 1 aliphatic heterocycles. The molecule has 0 unspecified atom stereocenters. The van der Waals surface area contributed by atoms with E-state index >= 15 is 0 Å². The number of carbonyl (C=O) groups is 1. The van der Waals surface area contributed by atoms with Gasteiger partial charge in [0.1, 0.15) is 23.6 Å². The van der Waals surface area contributed by atoms with Crippen molar-refractivity contribution in [2.45, 2.75) is 20.0 Å². The Morgan fingerprint density at radius 2 is 1.89 bits per heavy atom. The summed E-state index contributed by atoms with van der Waals surface area (Å²) in [6.07, 6.45) is -2.64. The summed E-state index contributed by atoms with van der Waals surface area (Å²) >= 11 is 0. The van der Waals surface area contributed by atoms with Crippen molar-refractivity contribution in [3.8, 4) is 17.1 Å². The number of alkyl halides is 3. The molecule has 1 aliphatic rings. The summed E-state index contributed by atoms with van der Waals surface area (Å²) < 4.78 is 75.0. The van der Waals surface area contributed by atoms with Crippen LogP contribution < -0.4 is 21.1 Å². The van der Waals surface area contributed by atoms with Gasteiger partial charge in [-0.1, -0.05) is 19.9 Å². The summed E-state index contributed by atoms with van der Waals surface area (Å²) in [7, 11) is 0. The quantitative estimate of drug-likeness (QED) is 0.424. The van der Waals surface area contributed by atoms with Gasteiger partial charge in [-0.05, 0) is 18.2 Å². The van der Waals surface area contributed by atoms with Gasteiger partial charge in [-0.3, -0.25) is 4.79 Å². The second-order valence-corrected chi connectivity index (χ2v) is 7.45. The minimum Gasteiger partial charge on any atom is -0.476 e. The Balaban J connectivity index is 0.00000176. The molecule has 0 radical (unpaired) electrons. The van der Waals surface area contributed by atoms with Crippen LogP contribution in [0.3, 0.4) is 0 Å². The Hall–Kier alpha value is -3.87. The largest absolute Gasteiger partial charge is 0.476 e. The third-order valence-electron chi connectivity index (χ3n) is 5.02. The van der Waals surface area contributed by atoms with Crippen LogP contribution in [0.4, 0.5) is 33.3 Å². The number of pyridine rings is 1. The van der Waals surface area contributed by atoms with Gasteiger partial charge in [0.25, 0.3) is 5.91 Å². The summed E-state index contributed by atoms with van der Waals surface area (Å²) in [5.41, 5.74) is 0.725. The van der Waals surface area contributed by atoms with Crippen molar-refractivity contribution in [2.75, 3.05) is 30.7 Å². The number of halogens is 5. The van der Waals surface area contributed by atoms with E-state index in [9.17, 15) is 26.7 Å². The molecule has 0 aliphatic carbocycles. The highest BCUT2D eigenvalue weighted by atomic mass is 19.4. The van der Waals surface area contributed by atoms with Gasteiger partial charge in [-0.15, -0.1) is 0 Å². The van der Waals surface area contributed by atoms with Gasteiger partial charge in [-0.25, -0.2) is 18.7 Å². The highest BCUT2D eigenvalue weighted by Gasteiger charge is 2.37. The number of carbonyl (C=O) groups excluding carboxylic acids is 1. The monoisotopic (exact) mass is 510 g/mol. The maximum Gasteiger partial charge on any atom is 0.418 e. The molecule has 4 rings (SSSR count). The van der Waals surface area contributed by atoms with Crippen molar-refractivity contribution in [2.24, 2.45) is 5.92 Å². The zero-order chi connectivity index (χ0) is 26.5. The molecular formula is C23H23F5N6O2. The normalized spacial score (nSPS) is 13.3. The smallest absolute Gasteiger partial charge is 0.418 e. The predicted molar refractivity (Wildman–Crippen MR) is 122 cm³/mol. The summed E-state index contributed by atoms with van der Waals surface area (Å²) in [6.45, 7) is 5.83. The molecule has 192 valence electrons. The number of hydrogen-bond acceptors (Lipinski definition) is 7. The topological polar surface area (TPSA) is 115 Å². The Morgan fingerprint density at radius 3 is 2.47 bits per heavy atom. The van der Waals surface area contributed by atoms with E-state index in [-0.39, 0.29) is 17.5 Å². The lowest BCUT2D eigenvalue weighted by Crippen LogP contribution is -2.45. The van der Waals surface area contributed by atoms with Crippen LogP contribution in [0, 0.1) is 17.6 Å². The van der Waals surface area contributed by atoms with E-state index in [2.05, 4.69) is 25.6 Å². The molecule has 8 nitrogen and oxygen atoms in total. The Labute approximate surface area is 203 Å². The first kappa shape index (κ1) is 26.7. The Bertz CT molecular complexity index is 1210. The van der Waals surface area contributed by atoms with Crippen molar-refractivity contribution in [3.05, 3.63) is 59.7 Å². The molecule has 4 N–H and O–H groups in total. The summed E-state index contributed by atoms with van der Waals surface area (Å²) in [4.78, 5) is 24.2. The number of aromatic nitrogens is 3. The van der Waals surface area contributed by atoms with Crippen LogP contribution in [0.15, 0.2) is 36.8 Å². The number of amides is 1. The minimum absolute atomic E-state index is 0.0134. The second-order valence-electron chi connectivity index (χ2n) is 7.45. The van der Waals surface area contributed by atoms with E-state index in [1.807, 2.05) is 13.8 Å². The van der Waals surface area contributed by atoms with Crippen LogP contribution in [0.5, 0.6) is 5.88 Å². The minimum atomic E-state index is -5.05. The fraction of sp³-hybridized carbons (Fsp3) is 0.304. The van der Waals surface area contributed by atoms with E-state index < -0.39 is 51.9 Å². The first-order valence-corrected chi connectivity index (χ1v) is 10.9. The molecule has 0 atom stereocenters. The molecule has 3 heterocycles. The first-order chi connectivity index (χ1) is 17.1. The standard InChI is InChI=1S/C21H17F5N6O2.C2H6/c22-12-2-1-3-13(23)16(12)17-11(21(24,25)26)4-14(27)18(32-17)19(33)31-15-7-29-9-30-20(15)34-8-10-5-28-6-10;1-2/h1-4,7,9-10,28H,5-6,8,27H2,(H,31,33);1-2H3. The van der Waals surface area contributed by atoms with Crippen molar-refractivity contribution < 1.29 is 31.5 Å². The lowest BCUT2D eigenvalue weighted by atomic mass is 10.0. The predicted octanol–water partition coefficient (Wildman–Crippen LogP) is 4.29. The van der Waals surface area contributed by atoms with Gasteiger partial charge in [0, 0.05) is 19.0 Å². The van der Waals surface area contributed by atoms with Crippen LogP contribution in [0.2, 0.25) is 0 Å². The average molecular weight is 510 g/mol. The van der Waals surface area contributed by atoms with Gasteiger partial charge in [-0.2, -0.15) is 18.2 Å². The third-order valence-corrected chi connectivity index (χ3v) is 5.02. The molecule has 2 aromatic heterocycles. The molecule has 0 bridgehead atoms. The number of nitrogens with one attached hydrogen (secondary N) is 2. The molecule has 13 heteroatoms. The Kier molecular flexibility index (Phi) is 8.35. The molecule has 0 spiro atoms. The molecule has 0 saturated carbocycles. The van der Waals surface area contributed by atoms with Crippen LogP contribution in [-0.4, -0.2) is 40.6 Å². The van der Waals surface area contributed by atoms with Crippen LogP contribution in [-0.2, 0) is 6.18 Å². The van der Waals surface area contributed by atoms with E-state index in [0.717, 1.165) is 31.3 Å². The highest BCUT2D eigenvalue weighted by Crippen LogP contribution is 2.39. The maximum absolute atomic E-state index is 14.3. The van der Waals surface area contributed by atoms with Crippen molar-refractivity contribution in [1.29, 1.82) is 0 Å². The summed E-state index contributed by atoms with van der Waals surface area (Å²) in [5, 5.41) is 5.45. The summed E-state index contributed by atoms with van der Waals surface area (Å²) in [5.74, 6) is -3.34. The molecule has 3 aromatic rings. The van der Waals surface area contributed by atoms with E-state index in [0.29, 0.717) is 12.7 Å². The lowest BCUT2D eigenvalue weighted by Gasteiger charge is -2.26. The molecule has 1 fully saturated rings. The number of rotatable bonds is 6. The Morgan fingerprint density at radius 1 is 1.22 bits per heavy atom. The van der Waals surface area contributed by atoms with Crippen molar-refractivity contribution >= 4 is 17.3 Å². The second kappa shape index (κ2) is 11.2. The van der Waals surface area contributed by atoms with E-state index in [1.54, 1.807) is 0 Å². The maximum atomic E-state index is 14.3. The van der Waals surface area contributed by atoms with Gasteiger partial charge < -0.3 is 21.1 Å². The van der Waals surface area contributed by atoms with Gasteiger partial charge >= 0.3 is 6.18 Å². The van der Waals surface area contributed by atoms with Gasteiger partial charge in [0.2, 0.25) is 5.88 Å². The fourth-order valence-corrected chi connectivity index (χ4v) is 3.21. The van der Waals surface area contributed by atoms with E-state index in [4.69, 9.17) is 10.5 Å². The zero-order valence-corrected chi connectivity index (χ0v) is 19.3. The number of benzene rings is 1. The molecule has 1 saturated heterocycles. The lowest BCUT2D eigenvalue weighted by molar-refractivity contribution is -0.137. The van der Waals surface area contributed by atoms with Crippen LogP contribution >= 0.6 is 0 Å². The molecule has 36 heavy (non-hydrogen) atoms. The number of nitrogens with two attached hydrogens (primary N) is 1. The van der Waals surface area contributed by atoms with Crippen molar-refractivity contribution in [1.82, 2.24) is 20.3 Å². The van der Waals surface area contributed by atoms with Crippen LogP contribution in [0.1, 0.15) is 29.9 Å². The van der Waals surface area contributed by atoms with Crippen molar-refractivity contribution in [3.63, 3.8) is 0 Å². The number of nitrogens with zero attached hydrogens (tertiary/aromatic N) is 3. The van der Waals surface area contributed by atoms with Gasteiger partial charge in [0.15, 0.2) is 5.69 Å². The average Bonchev–Trinajstić information content (AvgIpc) is 2.80. The van der Waals surface area contributed by atoms with Crippen LogP contribution in [0.25, 0.3) is 11.3 Å². The number of hydrogen-bond donors (Lipinski definition) is 3. The van der Waals surface area contributed by atoms with Gasteiger partial charge in [0.05, 0.1) is 35.3 Å². The summed E-state index contributed by atoms with van der Waals surface area (Å²) in [6, 6.07) is 2.95. The highest BCUT2D eigenvalue weighted by molar-refractivity contribution is 6.07. The molecular weight excluding hydrogens is 487 g/mol. The zero-order valence-electron chi connectivity index (χ0n) is 19.3. The third kappa shape index (κ3) is 5.85. The number of anilines is 2. The first-order valence-electron chi connectivity index (χ1n) is 10.9.